The van der Waals surface area contributed by atoms with Gasteiger partial charge in [-0.1, -0.05) is 13.3 Å². The van der Waals surface area contributed by atoms with Crippen LogP contribution in [-0.4, -0.2) is 21.6 Å². The van der Waals surface area contributed by atoms with Gasteiger partial charge in [0, 0.05) is 6.20 Å². The largest absolute Gasteiger partial charge is 0.492 e. The first-order chi connectivity index (χ1) is 12.2. The Kier molecular flexibility index (Phi) is 5.38. The first-order valence-electron chi connectivity index (χ1n) is 8.36. The monoisotopic (exact) mass is 341 g/mol. The molecule has 0 bridgehead atoms. The summed E-state index contributed by atoms with van der Waals surface area (Å²) in [7, 11) is 0. The molecule has 0 radical (unpaired) electrons. The molecule has 0 aliphatic heterocycles. The van der Waals surface area contributed by atoms with E-state index >= 15 is 0 Å². The first-order valence-corrected chi connectivity index (χ1v) is 8.36. The molecule has 0 fully saturated rings. The van der Waals surface area contributed by atoms with Crippen molar-refractivity contribution >= 4 is 0 Å². The van der Waals surface area contributed by atoms with Gasteiger partial charge in [0.2, 0.25) is 0 Å². The van der Waals surface area contributed by atoms with Crippen LogP contribution in [0.25, 0.3) is 11.4 Å². The van der Waals surface area contributed by atoms with Gasteiger partial charge in [-0.25, -0.2) is 9.37 Å². The fourth-order valence-electron chi connectivity index (χ4n) is 2.71. The predicted octanol–water partition coefficient (Wildman–Crippen LogP) is 4.21. The van der Waals surface area contributed by atoms with E-state index in [4.69, 9.17) is 9.15 Å². The Morgan fingerprint density at radius 1 is 1.16 bits per heavy atom. The van der Waals surface area contributed by atoms with Crippen molar-refractivity contribution in [2.75, 3.05) is 6.61 Å². The lowest BCUT2D eigenvalue weighted by Crippen LogP contribution is -2.02. The Labute approximate surface area is 145 Å². The maximum atomic E-state index is 14.0. The minimum atomic E-state index is -0.425. The zero-order valence-corrected chi connectivity index (χ0v) is 14.3. The van der Waals surface area contributed by atoms with Crippen molar-refractivity contribution in [2.45, 2.75) is 33.1 Å². The van der Waals surface area contributed by atoms with Gasteiger partial charge in [0.15, 0.2) is 12.2 Å². The molecular weight excluding hydrogens is 321 g/mol. The number of hydrogen-bond donors (Lipinski definition) is 0. The van der Waals surface area contributed by atoms with Crippen LogP contribution >= 0.6 is 0 Å². The Bertz CT molecular complexity index is 848. The Hall–Kier alpha value is -2.76. The van der Waals surface area contributed by atoms with E-state index in [1.54, 1.807) is 12.3 Å². The molecule has 3 heterocycles. The maximum Gasteiger partial charge on any atom is 0.181 e. The highest BCUT2D eigenvalue weighted by Crippen LogP contribution is 2.26. The molecular formula is C19H20FN3O2. The summed E-state index contributed by atoms with van der Waals surface area (Å²) in [5.74, 6) is 0.876. The van der Waals surface area contributed by atoms with Crippen LogP contribution < -0.4 is 4.74 Å². The Morgan fingerprint density at radius 3 is 2.80 bits per heavy atom. The van der Waals surface area contributed by atoms with Gasteiger partial charge in [-0.05, 0) is 37.1 Å². The number of halogens is 1. The van der Waals surface area contributed by atoms with E-state index in [-0.39, 0.29) is 5.69 Å². The van der Waals surface area contributed by atoms with Crippen molar-refractivity contribution in [2.24, 2.45) is 0 Å². The highest BCUT2D eigenvalue weighted by molar-refractivity contribution is 5.57. The minimum absolute atomic E-state index is 0.189. The third kappa shape index (κ3) is 3.84. The summed E-state index contributed by atoms with van der Waals surface area (Å²) in [6.07, 6.45) is 6.84. The molecule has 0 atom stereocenters. The quantitative estimate of drug-likeness (QED) is 0.644. The fraction of sp³-hybridized carbons (Fsp3) is 0.316. The van der Waals surface area contributed by atoms with Gasteiger partial charge >= 0.3 is 0 Å². The van der Waals surface area contributed by atoms with Gasteiger partial charge in [-0.2, -0.15) is 0 Å². The standard InChI is InChI=1S/C19H20FN3O2/c1-3-6-13-9-14(24-4-2)11-22-16(13)10-17-19(23-12-25-17)18-15(20)7-5-8-21-18/h5,7-9,11-12H,3-4,6,10H2,1-2H3. The molecule has 0 N–H and O–H groups in total. The van der Waals surface area contributed by atoms with Gasteiger partial charge in [0.05, 0.1) is 24.9 Å². The second kappa shape index (κ2) is 7.88. The number of aryl methyl sites for hydroxylation is 1. The summed E-state index contributed by atoms with van der Waals surface area (Å²) in [6, 6.07) is 4.91. The molecule has 3 aromatic heterocycles. The number of aromatic nitrogens is 3. The molecule has 0 unspecified atom stereocenters. The molecule has 3 aromatic rings. The van der Waals surface area contributed by atoms with Crippen LogP contribution in [0.4, 0.5) is 4.39 Å². The summed E-state index contributed by atoms with van der Waals surface area (Å²) < 4.78 is 25.1. The third-order valence-electron chi connectivity index (χ3n) is 3.82. The Morgan fingerprint density at radius 2 is 2.04 bits per heavy atom. The summed E-state index contributed by atoms with van der Waals surface area (Å²) in [5, 5.41) is 0. The zero-order chi connectivity index (χ0) is 17.6. The number of oxazole rings is 1. The van der Waals surface area contributed by atoms with Crippen molar-refractivity contribution in [1.29, 1.82) is 0 Å². The predicted molar refractivity (Wildman–Crippen MR) is 91.9 cm³/mol. The van der Waals surface area contributed by atoms with Crippen LogP contribution in [0.15, 0.2) is 41.4 Å². The summed E-state index contributed by atoms with van der Waals surface area (Å²) >= 11 is 0. The van der Waals surface area contributed by atoms with E-state index in [2.05, 4.69) is 21.9 Å². The molecule has 130 valence electrons. The topological polar surface area (TPSA) is 61.0 Å². The second-order valence-corrected chi connectivity index (χ2v) is 5.59. The van der Waals surface area contributed by atoms with E-state index in [1.165, 1.54) is 18.7 Å². The van der Waals surface area contributed by atoms with Gasteiger partial charge in [0.1, 0.15) is 22.9 Å². The molecule has 6 heteroatoms. The molecule has 3 rings (SSSR count). The van der Waals surface area contributed by atoms with Crippen LogP contribution in [0, 0.1) is 5.82 Å². The summed E-state index contributed by atoms with van der Waals surface area (Å²) in [5.41, 5.74) is 2.57. The van der Waals surface area contributed by atoms with Crippen molar-refractivity contribution < 1.29 is 13.5 Å². The van der Waals surface area contributed by atoms with E-state index in [0.29, 0.717) is 24.5 Å². The van der Waals surface area contributed by atoms with Crippen LogP contribution in [0.2, 0.25) is 0 Å². The molecule has 5 nitrogen and oxygen atoms in total. The van der Waals surface area contributed by atoms with Gasteiger partial charge < -0.3 is 9.15 Å². The van der Waals surface area contributed by atoms with E-state index in [0.717, 1.165) is 29.8 Å². The van der Waals surface area contributed by atoms with Crippen molar-refractivity contribution in [3.8, 4) is 17.1 Å². The minimum Gasteiger partial charge on any atom is -0.492 e. The lowest BCUT2D eigenvalue weighted by atomic mass is 10.0. The zero-order valence-electron chi connectivity index (χ0n) is 14.3. The van der Waals surface area contributed by atoms with Crippen molar-refractivity contribution in [3.63, 3.8) is 0 Å². The molecule has 0 amide bonds. The fourth-order valence-corrected chi connectivity index (χ4v) is 2.71. The van der Waals surface area contributed by atoms with Crippen molar-refractivity contribution in [1.82, 2.24) is 15.0 Å². The van der Waals surface area contributed by atoms with Crippen LogP contribution in [-0.2, 0) is 12.8 Å². The average Bonchev–Trinajstić information content (AvgIpc) is 3.06. The number of rotatable bonds is 7. The molecule has 0 aromatic carbocycles. The smallest absolute Gasteiger partial charge is 0.181 e. The van der Waals surface area contributed by atoms with Gasteiger partial charge in [0.25, 0.3) is 0 Å². The number of ether oxygens (including phenoxy) is 1. The van der Waals surface area contributed by atoms with Crippen LogP contribution in [0.1, 0.15) is 37.3 Å². The van der Waals surface area contributed by atoms with E-state index in [9.17, 15) is 4.39 Å². The van der Waals surface area contributed by atoms with Gasteiger partial charge in [-0.15, -0.1) is 0 Å². The lowest BCUT2D eigenvalue weighted by Gasteiger charge is -2.10. The third-order valence-corrected chi connectivity index (χ3v) is 3.82. The number of nitrogens with zero attached hydrogens (tertiary/aromatic N) is 3. The Balaban J connectivity index is 1.93. The molecule has 0 spiro atoms. The highest BCUT2D eigenvalue weighted by Gasteiger charge is 2.18. The number of hydrogen-bond acceptors (Lipinski definition) is 5. The summed E-state index contributed by atoms with van der Waals surface area (Å²) in [4.78, 5) is 12.7. The normalized spacial score (nSPS) is 10.8. The molecule has 0 saturated heterocycles. The van der Waals surface area contributed by atoms with E-state index in [1.807, 2.05) is 13.0 Å². The molecule has 0 aliphatic rings. The van der Waals surface area contributed by atoms with Crippen LogP contribution in [0.5, 0.6) is 5.75 Å². The first kappa shape index (κ1) is 17.1. The second-order valence-electron chi connectivity index (χ2n) is 5.59. The average molecular weight is 341 g/mol. The molecule has 25 heavy (non-hydrogen) atoms. The SMILES string of the molecule is CCCc1cc(OCC)cnc1Cc1ocnc1-c1ncccc1F. The van der Waals surface area contributed by atoms with Crippen LogP contribution in [0.3, 0.4) is 0 Å². The molecule has 0 aliphatic carbocycles. The van der Waals surface area contributed by atoms with E-state index < -0.39 is 5.82 Å². The van der Waals surface area contributed by atoms with Gasteiger partial charge in [-0.3, -0.25) is 9.97 Å². The number of pyridine rings is 2. The lowest BCUT2D eigenvalue weighted by molar-refractivity contribution is 0.338. The van der Waals surface area contributed by atoms with Crippen molar-refractivity contribution in [3.05, 3.63) is 59.8 Å². The summed E-state index contributed by atoms with van der Waals surface area (Å²) in [6.45, 7) is 4.65. The maximum absolute atomic E-state index is 14.0. The molecule has 0 saturated carbocycles. The highest BCUT2D eigenvalue weighted by atomic mass is 19.1.